The van der Waals surface area contributed by atoms with Gasteiger partial charge in [0.05, 0.1) is 21.7 Å². The molecule has 0 saturated heterocycles. The first-order chi connectivity index (χ1) is 14.7. The predicted octanol–water partition coefficient (Wildman–Crippen LogP) is 6.08. The predicted molar refractivity (Wildman–Crippen MR) is 108 cm³/mol. The molecule has 0 aliphatic carbocycles. The number of fused-ring (bicyclic) bond motifs is 1. The molecule has 2 amide bonds. The Balaban J connectivity index is 1.52. The molecule has 0 unspecified atom stereocenters. The van der Waals surface area contributed by atoms with Crippen molar-refractivity contribution in [1.82, 2.24) is 15.0 Å². The van der Waals surface area contributed by atoms with Crippen molar-refractivity contribution < 1.29 is 22.4 Å². The summed E-state index contributed by atoms with van der Waals surface area (Å²) in [5.41, 5.74) is 0.516. The van der Waals surface area contributed by atoms with Gasteiger partial charge in [0.1, 0.15) is 11.6 Å². The molecule has 0 saturated carbocycles. The number of imidazole rings is 1. The average Bonchev–Trinajstić information content (AvgIpc) is 3.12. The van der Waals surface area contributed by atoms with Gasteiger partial charge in [0.25, 0.3) is 0 Å². The third kappa shape index (κ3) is 4.58. The average molecular weight is 450 g/mol. The molecule has 0 aliphatic rings. The Bertz CT molecular complexity index is 1270. The number of nitrogens with one attached hydrogen (secondary N) is 3. The van der Waals surface area contributed by atoms with E-state index < -0.39 is 23.6 Å². The lowest BCUT2D eigenvalue weighted by molar-refractivity contribution is -0.137. The Morgan fingerprint density at radius 2 is 1.68 bits per heavy atom. The van der Waals surface area contributed by atoms with Crippen molar-refractivity contribution in [2.45, 2.75) is 6.18 Å². The molecule has 4 rings (SSSR count). The second-order valence-electron chi connectivity index (χ2n) is 6.46. The zero-order valence-corrected chi connectivity index (χ0v) is 16.1. The maximum absolute atomic E-state index is 14.4. The highest BCUT2D eigenvalue weighted by Crippen LogP contribution is 2.30. The van der Waals surface area contributed by atoms with Gasteiger partial charge in [-0.2, -0.15) is 13.2 Å². The number of aromatic nitrogens is 3. The van der Waals surface area contributed by atoms with Crippen molar-refractivity contribution in [3.05, 3.63) is 71.1 Å². The van der Waals surface area contributed by atoms with Crippen LogP contribution in [-0.4, -0.2) is 21.0 Å². The zero-order chi connectivity index (χ0) is 22.2. The fourth-order valence-electron chi connectivity index (χ4n) is 2.82. The molecule has 0 bridgehead atoms. The number of hydrogen-bond donors (Lipinski definition) is 3. The van der Waals surface area contributed by atoms with Crippen molar-refractivity contribution >= 4 is 40.2 Å². The number of carbonyl (C=O) groups is 1. The number of alkyl halides is 3. The van der Waals surface area contributed by atoms with Crippen LogP contribution in [-0.2, 0) is 6.18 Å². The third-order valence-corrected chi connectivity index (χ3v) is 4.46. The number of halogens is 5. The van der Waals surface area contributed by atoms with Crippen LogP contribution in [0.4, 0.5) is 33.7 Å². The minimum absolute atomic E-state index is 0.0847. The molecule has 0 spiro atoms. The van der Waals surface area contributed by atoms with E-state index in [4.69, 9.17) is 11.6 Å². The van der Waals surface area contributed by atoms with Gasteiger partial charge in [-0.05, 0) is 48.5 Å². The Morgan fingerprint density at radius 1 is 1.00 bits per heavy atom. The molecule has 0 fully saturated rings. The summed E-state index contributed by atoms with van der Waals surface area (Å²) in [5, 5.41) is 5.30. The molecular formula is C20H12ClF4N5O. The monoisotopic (exact) mass is 449 g/mol. The summed E-state index contributed by atoms with van der Waals surface area (Å²) in [5.74, 6) is -0.395. The maximum atomic E-state index is 14.4. The van der Waals surface area contributed by atoms with Crippen LogP contribution in [0.5, 0.6) is 0 Å². The normalized spacial score (nSPS) is 11.5. The minimum Gasteiger partial charge on any atom is -0.336 e. The van der Waals surface area contributed by atoms with Crippen LogP contribution >= 0.6 is 11.6 Å². The number of anilines is 2. The molecule has 0 aliphatic heterocycles. The highest BCUT2D eigenvalue weighted by molar-refractivity contribution is 6.31. The summed E-state index contributed by atoms with van der Waals surface area (Å²) >= 11 is 5.89. The second kappa shape index (κ2) is 7.88. The molecule has 2 aromatic heterocycles. The topological polar surface area (TPSA) is 82.7 Å². The van der Waals surface area contributed by atoms with Crippen molar-refractivity contribution in [2.75, 3.05) is 10.6 Å². The standard InChI is InChI=1S/C20H12ClF4N5O/c21-11-7-16-18(26-9-11)30-17(29-16)14-8-13(5-6-15(14)22)28-19(31)27-12-3-1-10(2-4-12)20(23,24)25/h1-9H,(H,26,29,30)(H2,27,28,31). The van der Waals surface area contributed by atoms with Crippen molar-refractivity contribution in [3.63, 3.8) is 0 Å². The van der Waals surface area contributed by atoms with E-state index in [1.165, 1.54) is 18.3 Å². The Labute approximate surface area is 177 Å². The zero-order valence-electron chi connectivity index (χ0n) is 15.4. The summed E-state index contributed by atoms with van der Waals surface area (Å²) in [6.45, 7) is 0. The van der Waals surface area contributed by atoms with Gasteiger partial charge in [0, 0.05) is 17.6 Å². The van der Waals surface area contributed by atoms with Crippen LogP contribution in [0, 0.1) is 5.82 Å². The molecule has 4 aromatic rings. The fourth-order valence-corrected chi connectivity index (χ4v) is 2.98. The highest BCUT2D eigenvalue weighted by Gasteiger charge is 2.30. The molecule has 2 aromatic carbocycles. The Kier molecular flexibility index (Phi) is 5.24. The fraction of sp³-hybridized carbons (Fsp3) is 0.0500. The first-order valence-electron chi connectivity index (χ1n) is 8.75. The van der Waals surface area contributed by atoms with Crippen molar-refractivity contribution in [3.8, 4) is 11.4 Å². The van der Waals surface area contributed by atoms with E-state index in [2.05, 4.69) is 25.6 Å². The highest BCUT2D eigenvalue weighted by atomic mass is 35.5. The number of benzene rings is 2. The van der Waals surface area contributed by atoms with Crippen LogP contribution in [0.15, 0.2) is 54.7 Å². The molecule has 11 heteroatoms. The quantitative estimate of drug-likeness (QED) is 0.331. The van der Waals surface area contributed by atoms with Crippen LogP contribution in [0.3, 0.4) is 0 Å². The van der Waals surface area contributed by atoms with E-state index in [0.717, 1.165) is 30.3 Å². The number of rotatable bonds is 3. The van der Waals surface area contributed by atoms with Crippen LogP contribution in [0.25, 0.3) is 22.6 Å². The Morgan fingerprint density at radius 3 is 2.39 bits per heavy atom. The van der Waals surface area contributed by atoms with Crippen LogP contribution < -0.4 is 10.6 Å². The molecule has 31 heavy (non-hydrogen) atoms. The number of pyridine rings is 1. The van der Waals surface area contributed by atoms with Gasteiger partial charge in [0.2, 0.25) is 0 Å². The van der Waals surface area contributed by atoms with Crippen LogP contribution in [0.2, 0.25) is 5.02 Å². The number of H-pyrrole nitrogens is 1. The van der Waals surface area contributed by atoms with Gasteiger partial charge in [-0.3, -0.25) is 0 Å². The minimum atomic E-state index is -4.47. The molecule has 2 heterocycles. The lowest BCUT2D eigenvalue weighted by Crippen LogP contribution is -2.19. The van der Waals surface area contributed by atoms with Crippen molar-refractivity contribution in [1.29, 1.82) is 0 Å². The summed E-state index contributed by atoms with van der Waals surface area (Å²) in [6, 6.07) is 8.70. The number of urea groups is 1. The summed E-state index contributed by atoms with van der Waals surface area (Å²) in [6.07, 6.45) is -3.06. The summed E-state index contributed by atoms with van der Waals surface area (Å²) in [4.78, 5) is 23.4. The number of amides is 2. The lowest BCUT2D eigenvalue weighted by Gasteiger charge is -2.10. The Hall–Kier alpha value is -3.66. The molecule has 158 valence electrons. The van der Waals surface area contributed by atoms with Crippen LogP contribution in [0.1, 0.15) is 5.56 Å². The van der Waals surface area contributed by atoms with E-state index >= 15 is 0 Å². The van der Waals surface area contributed by atoms with Gasteiger partial charge >= 0.3 is 12.2 Å². The molecule has 3 N–H and O–H groups in total. The molecular weight excluding hydrogens is 438 g/mol. The lowest BCUT2D eigenvalue weighted by atomic mass is 10.1. The molecule has 0 atom stereocenters. The summed E-state index contributed by atoms with van der Waals surface area (Å²) in [7, 11) is 0. The number of carbonyl (C=O) groups excluding carboxylic acids is 1. The van der Waals surface area contributed by atoms with Gasteiger partial charge in [0.15, 0.2) is 5.65 Å². The van der Waals surface area contributed by atoms with Gasteiger partial charge in [-0.1, -0.05) is 11.6 Å². The van der Waals surface area contributed by atoms with Crippen molar-refractivity contribution in [2.24, 2.45) is 0 Å². The first-order valence-corrected chi connectivity index (χ1v) is 9.13. The van der Waals surface area contributed by atoms with E-state index in [0.29, 0.717) is 16.2 Å². The van der Waals surface area contributed by atoms with E-state index in [1.54, 1.807) is 6.07 Å². The first kappa shape index (κ1) is 20.6. The second-order valence-corrected chi connectivity index (χ2v) is 6.90. The maximum Gasteiger partial charge on any atom is 0.416 e. The molecule has 0 radical (unpaired) electrons. The number of hydrogen-bond acceptors (Lipinski definition) is 3. The van der Waals surface area contributed by atoms with Gasteiger partial charge in [-0.15, -0.1) is 0 Å². The number of nitrogens with zero attached hydrogens (tertiary/aromatic N) is 2. The van der Waals surface area contributed by atoms with Gasteiger partial charge in [-0.25, -0.2) is 19.2 Å². The van der Waals surface area contributed by atoms with E-state index in [1.807, 2.05) is 0 Å². The third-order valence-electron chi connectivity index (χ3n) is 4.25. The SMILES string of the molecule is O=C(Nc1ccc(C(F)(F)F)cc1)Nc1ccc(F)c(-c2nc3ncc(Cl)cc3[nH]2)c1. The largest absolute Gasteiger partial charge is 0.416 e. The molecule has 6 nitrogen and oxygen atoms in total. The smallest absolute Gasteiger partial charge is 0.336 e. The summed E-state index contributed by atoms with van der Waals surface area (Å²) < 4.78 is 52.2. The van der Waals surface area contributed by atoms with E-state index in [9.17, 15) is 22.4 Å². The van der Waals surface area contributed by atoms with E-state index in [-0.39, 0.29) is 22.8 Å². The number of aromatic amines is 1. The van der Waals surface area contributed by atoms with Gasteiger partial charge < -0.3 is 15.6 Å².